The van der Waals surface area contributed by atoms with Gasteiger partial charge in [0.05, 0.1) is 29.0 Å². The van der Waals surface area contributed by atoms with Crippen molar-refractivity contribution in [2.75, 3.05) is 30.4 Å². The number of pyridine rings is 2. The number of hydrogen-bond acceptors (Lipinski definition) is 8. The minimum atomic E-state index is -1.90. The Labute approximate surface area is 286 Å². The summed E-state index contributed by atoms with van der Waals surface area (Å²) in [6.45, 7) is 22.9. The van der Waals surface area contributed by atoms with Crippen LogP contribution in [0.4, 0.5) is 10.7 Å². The van der Waals surface area contributed by atoms with E-state index in [2.05, 4.69) is 88.9 Å². The summed E-state index contributed by atoms with van der Waals surface area (Å²) >= 11 is 1.60. The van der Waals surface area contributed by atoms with Gasteiger partial charge in [-0.2, -0.15) is 0 Å². The van der Waals surface area contributed by atoms with E-state index in [0.29, 0.717) is 29.9 Å². The lowest BCUT2D eigenvalue weighted by atomic mass is 9.87. The van der Waals surface area contributed by atoms with Gasteiger partial charge in [-0.3, -0.25) is 14.8 Å². The van der Waals surface area contributed by atoms with Crippen LogP contribution < -0.4 is 15.0 Å². The van der Waals surface area contributed by atoms with Crippen molar-refractivity contribution in [1.82, 2.24) is 9.97 Å². The van der Waals surface area contributed by atoms with E-state index >= 15 is 0 Å². The van der Waals surface area contributed by atoms with Crippen LogP contribution in [0.2, 0.25) is 18.1 Å². The van der Waals surface area contributed by atoms with Crippen molar-refractivity contribution >= 4 is 46.3 Å². The van der Waals surface area contributed by atoms with E-state index in [1.54, 1.807) is 18.4 Å². The zero-order chi connectivity index (χ0) is 34.1. The maximum atomic E-state index is 14.3. The summed E-state index contributed by atoms with van der Waals surface area (Å²) in [6, 6.07) is 12.2. The van der Waals surface area contributed by atoms with Crippen molar-refractivity contribution in [1.29, 1.82) is 0 Å². The predicted molar refractivity (Wildman–Crippen MR) is 199 cm³/mol. The maximum absolute atomic E-state index is 14.3. The molecule has 47 heavy (non-hydrogen) atoms. The van der Waals surface area contributed by atoms with Crippen LogP contribution in [0, 0.1) is 11.8 Å². The van der Waals surface area contributed by atoms with Crippen molar-refractivity contribution in [3.63, 3.8) is 0 Å². The molecular formula is C38H52N4O3SSi. The van der Waals surface area contributed by atoms with E-state index < -0.39 is 8.32 Å². The Kier molecular flexibility index (Phi) is 10.5. The van der Waals surface area contributed by atoms with Gasteiger partial charge >= 0.3 is 0 Å². The largest absolute Gasteiger partial charge is 0.497 e. The standard InChI is InChI=1S/C38H52N4O3SSi/c1-24(2)28-18-33-35(40-21-28)34(37(46-33)41-19-27-11-13-30(44-8)14-12-27)32(43)17-29-20-39-16-15-31(29)42-22-25(3)36(26(4)23-42)45-47(9,10)38(5,6)7/h11-16,18,20-21,24-26,36,41H,17,19,22-23H2,1-10H3/t25-,26+,36?. The summed E-state index contributed by atoms with van der Waals surface area (Å²) in [5.41, 5.74) is 5.72. The third-order valence-electron chi connectivity index (χ3n) is 10.1. The Morgan fingerprint density at radius 2 is 1.77 bits per heavy atom. The molecule has 252 valence electrons. The first-order chi connectivity index (χ1) is 22.2. The van der Waals surface area contributed by atoms with Crippen LogP contribution in [0.15, 0.2) is 55.0 Å². The zero-order valence-corrected chi connectivity index (χ0v) is 31.6. The number of rotatable bonds is 11. The zero-order valence-electron chi connectivity index (χ0n) is 29.8. The number of nitrogens with one attached hydrogen (secondary N) is 1. The second-order valence-corrected chi connectivity index (χ2v) is 20.9. The number of thiophene rings is 1. The van der Waals surface area contributed by atoms with E-state index in [0.717, 1.165) is 56.4 Å². The van der Waals surface area contributed by atoms with Crippen LogP contribution in [-0.2, 0) is 17.4 Å². The molecule has 1 aromatic carbocycles. The third kappa shape index (κ3) is 7.73. The molecule has 3 atom stereocenters. The molecule has 0 saturated carbocycles. The Hall–Kier alpha value is -3.27. The molecule has 1 N–H and O–H groups in total. The van der Waals surface area contributed by atoms with Crippen LogP contribution in [0.1, 0.15) is 81.4 Å². The fraction of sp³-hybridized carbons (Fsp3) is 0.500. The molecule has 0 spiro atoms. The molecule has 0 bridgehead atoms. The lowest BCUT2D eigenvalue weighted by molar-refractivity contribution is 0.0627. The Bertz CT molecular complexity index is 1680. The first-order valence-electron chi connectivity index (χ1n) is 16.9. The lowest BCUT2D eigenvalue weighted by Gasteiger charge is -2.48. The summed E-state index contributed by atoms with van der Waals surface area (Å²) in [5, 5.41) is 4.60. The highest BCUT2D eigenvalue weighted by Gasteiger charge is 2.43. The van der Waals surface area contributed by atoms with Crippen molar-refractivity contribution in [3.05, 3.63) is 77.2 Å². The molecule has 1 fully saturated rings. The van der Waals surface area contributed by atoms with Crippen molar-refractivity contribution in [2.45, 2.75) is 91.6 Å². The highest BCUT2D eigenvalue weighted by molar-refractivity contribution is 7.23. The molecule has 9 heteroatoms. The molecule has 0 radical (unpaired) electrons. The summed E-state index contributed by atoms with van der Waals surface area (Å²) in [7, 11) is -0.233. The molecule has 1 saturated heterocycles. The summed E-state index contributed by atoms with van der Waals surface area (Å²) < 4.78 is 13.3. The third-order valence-corrected chi connectivity index (χ3v) is 15.6. The number of aromatic nitrogens is 2. The second-order valence-electron chi connectivity index (χ2n) is 15.1. The fourth-order valence-electron chi connectivity index (χ4n) is 6.23. The van der Waals surface area contributed by atoms with Crippen LogP contribution in [0.25, 0.3) is 10.2 Å². The topological polar surface area (TPSA) is 76.6 Å². The van der Waals surface area contributed by atoms with Gasteiger partial charge in [-0.25, -0.2) is 0 Å². The normalized spacial score (nSPS) is 19.0. The van der Waals surface area contributed by atoms with E-state index in [9.17, 15) is 4.79 Å². The highest BCUT2D eigenvalue weighted by Crippen LogP contribution is 2.41. The summed E-state index contributed by atoms with van der Waals surface area (Å²) in [6.07, 6.45) is 6.09. The Balaban J connectivity index is 1.40. The lowest BCUT2D eigenvalue weighted by Crippen LogP contribution is -2.54. The molecule has 1 aliphatic heterocycles. The minimum Gasteiger partial charge on any atom is -0.497 e. The molecule has 0 aliphatic carbocycles. The number of methoxy groups -OCH3 is 1. The number of nitrogens with zero attached hydrogens (tertiary/aromatic N) is 3. The molecule has 1 unspecified atom stereocenters. The van der Waals surface area contributed by atoms with Crippen LogP contribution >= 0.6 is 11.3 Å². The first kappa shape index (κ1) is 35.0. The van der Waals surface area contributed by atoms with Gasteiger partial charge in [0.25, 0.3) is 0 Å². The van der Waals surface area contributed by atoms with Gasteiger partial charge in [-0.05, 0) is 71.3 Å². The SMILES string of the molecule is COc1ccc(CNc2sc3cc(C(C)C)cnc3c2C(=O)Cc2cnccc2N2C[C@@H](C)C(O[Si](C)(C)C(C)(C)C)[C@@H](C)C2)cc1. The number of hydrogen-bond donors (Lipinski definition) is 1. The molecule has 4 aromatic rings. The van der Waals surface area contributed by atoms with E-state index in [-0.39, 0.29) is 23.3 Å². The van der Waals surface area contributed by atoms with Gasteiger partial charge in [0.1, 0.15) is 10.8 Å². The average Bonchev–Trinajstić information content (AvgIpc) is 3.39. The predicted octanol–water partition coefficient (Wildman–Crippen LogP) is 9.34. The van der Waals surface area contributed by atoms with Gasteiger partial charge in [0, 0.05) is 55.9 Å². The summed E-state index contributed by atoms with van der Waals surface area (Å²) in [5.74, 6) is 1.94. The quantitative estimate of drug-likeness (QED) is 0.126. The fourth-order valence-corrected chi connectivity index (χ4v) is 8.85. The number of benzene rings is 1. The molecule has 1 aliphatic rings. The van der Waals surface area contributed by atoms with Gasteiger partial charge in [0.15, 0.2) is 14.1 Å². The first-order valence-corrected chi connectivity index (χ1v) is 20.6. The highest BCUT2D eigenvalue weighted by atomic mass is 32.1. The van der Waals surface area contributed by atoms with Crippen LogP contribution in [0.3, 0.4) is 0 Å². The maximum Gasteiger partial charge on any atom is 0.192 e. The average molecular weight is 673 g/mol. The van der Waals surface area contributed by atoms with Gasteiger partial charge in [-0.15, -0.1) is 11.3 Å². The smallest absolute Gasteiger partial charge is 0.192 e. The second kappa shape index (κ2) is 14.1. The van der Waals surface area contributed by atoms with Crippen molar-refractivity contribution in [2.24, 2.45) is 11.8 Å². The van der Waals surface area contributed by atoms with Gasteiger partial charge in [-0.1, -0.05) is 60.6 Å². The van der Waals surface area contributed by atoms with E-state index in [1.807, 2.05) is 42.9 Å². The molecule has 7 nitrogen and oxygen atoms in total. The molecule has 5 rings (SSSR count). The number of carbonyl (C=O) groups is 1. The Morgan fingerprint density at radius 3 is 2.38 bits per heavy atom. The van der Waals surface area contributed by atoms with Gasteiger partial charge in [0.2, 0.25) is 0 Å². The molecule has 0 amide bonds. The number of ether oxygens (including phenoxy) is 1. The van der Waals surface area contributed by atoms with Crippen LogP contribution in [-0.4, -0.2) is 50.4 Å². The number of Topliss-reactive ketones (excluding diaryl/α,β-unsaturated/α-hetero) is 1. The number of fused-ring (bicyclic) bond motifs is 1. The van der Waals surface area contributed by atoms with E-state index in [1.165, 1.54) is 0 Å². The van der Waals surface area contributed by atoms with E-state index in [4.69, 9.17) is 14.1 Å². The molecular weight excluding hydrogens is 621 g/mol. The number of anilines is 2. The number of carbonyl (C=O) groups excluding carboxylic acids is 1. The summed E-state index contributed by atoms with van der Waals surface area (Å²) in [4.78, 5) is 26.1. The van der Waals surface area contributed by atoms with Crippen molar-refractivity contribution in [3.8, 4) is 5.75 Å². The van der Waals surface area contributed by atoms with Crippen molar-refractivity contribution < 1.29 is 14.0 Å². The number of piperidine rings is 1. The minimum absolute atomic E-state index is 0.0461. The Morgan fingerprint density at radius 1 is 1.09 bits per heavy atom. The van der Waals surface area contributed by atoms with Crippen LogP contribution in [0.5, 0.6) is 5.75 Å². The molecule has 3 aromatic heterocycles. The monoisotopic (exact) mass is 672 g/mol. The van der Waals surface area contributed by atoms with Gasteiger partial charge < -0.3 is 19.4 Å². The number of ketones is 1. The molecule has 4 heterocycles.